The summed E-state index contributed by atoms with van der Waals surface area (Å²) in [4.78, 5) is 20.2. The minimum Gasteiger partial charge on any atom is -0.350 e. The Labute approximate surface area is 121 Å². The van der Waals surface area contributed by atoms with Crippen molar-refractivity contribution in [3.05, 3.63) is 23.8 Å². The van der Waals surface area contributed by atoms with Crippen LogP contribution in [0.1, 0.15) is 49.7 Å². The fourth-order valence-electron chi connectivity index (χ4n) is 1.74. The van der Waals surface area contributed by atoms with Gasteiger partial charge in [-0.1, -0.05) is 20.8 Å². The zero-order chi connectivity index (χ0) is 13.5. The van der Waals surface area contributed by atoms with Crippen molar-refractivity contribution in [3.63, 3.8) is 0 Å². The highest BCUT2D eigenvalue weighted by molar-refractivity contribution is 5.95. The van der Waals surface area contributed by atoms with Crippen LogP contribution in [0.3, 0.4) is 0 Å². The lowest BCUT2D eigenvalue weighted by Crippen LogP contribution is -2.39. The number of amides is 1. The SMILES string of the molecule is CCN[C@H](C)CNC(=O)c1cncnc1C(C)C.Cl. The summed E-state index contributed by atoms with van der Waals surface area (Å²) in [5.74, 6) is 0.101. The van der Waals surface area contributed by atoms with Crippen LogP contribution < -0.4 is 10.6 Å². The van der Waals surface area contributed by atoms with Crippen molar-refractivity contribution < 1.29 is 4.79 Å². The molecule has 1 heterocycles. The fraction of sp³-hybridized carbons (Fsp3) is 0.615. The molecule has 0 spiro atoms. The standard InChI is InChI=1S/C13H22N4O.ClH/c1-5-15-10(4)6-16-13(18)11-7-14-8-17-12(11)9(2)3;/h7-10,15H,5-6H2,1-4H3,(H,16,18);1H/t10-;/m1./s1. The van der Waals surface area contributed by atoms with Crippen molar-refractivity contribution >= 4 is 18.3 Å². The van der Waals surface area contributed by atoms with Gasteiger partial charge in [-0.2, -0.15) is 0 Å². The molecule has 108 valence electrons. The third kappa shape index (κ3) is 5.53. The Bertz CT molecular complexity index is 398. The summed E-state index contributed by atoms with van der Waals surface area (Å²) in [6.45, 7) is 9.59. The van der Waals surface area contributed by atoms with Crippen molar-refractivity contribution in [1.29, 1.82) is 0 Å². The molecule has 1 aromatic rings. The van der Waals surface area contributed by atoms with E-state index < -0.39 is 0 Å². The van der Waals surface area contributed by atoms with E-state index in [1.165, 1.54) is 6.33 Å². The number of nitrogens with one attached hydrogen (secondary N) is 2. The Morgan fingerprint density at radius 1 is 1.37 bits per heavy atom. The summed E-state index contributed by atoms with van der Waals surface area (Å²) in [6.07, 6.45) is 3.06. The van der Waals surface area contributed by atoms with E-state index >= 15 is 0 Å². The van der Waals surface area contributed by atoms with Gasteiger partial charge in [0, 0.05) is 18.8 Å². The average Bonchev–Trinajstić information content (AvgIpc) is 2.36. The van der Waals surface area contributed by atoms with E-state index in [4.69, 9.17) is 0 Å². The maximum Gasteiger partial charge on any atom is 0.254 e. The van der Waals surface area contributed by atoms with Gasteiger partial charge in [-0.3, -0.25) is 4.79 Å². The molecule has 0 aromatic carbocycles. The van der Waals surface area contributed by atoms with E-state index in [0.29, 0.717) is 12.1 Å². The van der Waals surface area contributed by atoms with Crippen LogP contribution >= 0.6 is 12.4 Å². The van der Waals surface area contributed by atoms with E-state index in [0.717, 1.165) is 12.2 Å². The van der Waals surface area contributed by atoms with E-state index in [1.54, 1.807) is 6.20 Å². The van der Waals surface area contributed by atoms with Gasteiger partial charge in [0.15, 0.2) is 0 Å². The van der Waals surface area contributed by atoms with Crippen LogP contribution in [-0.2, 0) is 0 Å². The highest BCUT2D eigenvalue weighted by Gasteiger charge is 2.15. The third-order valence-electron chi connectivity index (χ3n) is 2.66. The van der Waals surface area contributed by atoms with Gasteiger partial charge >= 0.3 is 0 Å². The average molecular weight is 287 g/mol. The number of carbonyl (C=O) groups excluding carboxylic acids is 1. The van der Waals surface area contributed by atoms with Crippen molar-refractivity contribution in [3.8, 4) is 0 Å². The number of halogens is 1. The Kier molecular flexibility index (Phi) is 8.27. The monoisotopic (exact) mass is 286 g/mol. The molecule has 6 heteroatoms. The van der Waals surface area contributed by atoms with Gasteiger partial charge in [-0.05, 0) is 19.4 Å². The van der Waals surface area contributed by atoms with Gasteiger partial charge < -0.3 is 10.6 Å². The molecule has 0 aliphatic carbocycles. The van der Waals surface area contributed by atoms with Crippen LogP contribution in [0.5, 0.6) is 0 Å². The van der Waals surface area contributed by atoms with Crippen LogP contribution in [-0.4, -0.2) is 35.0 Å². The number of aromatic nitrogens is 2. The van der Waals surface area contributed by atoms with Crippen molar-refractivity contribution in [1.82, 2.24) is 20.6 Å². The number of rotatable bonds is 6. The molecular weight excluding hydrogens is 264 g/mol. The lowest BCUT2D eigenvalue weighted by atomic mass is 10.0. The molecular formula is C13H23ClN4O. The minimum atomic E-state index is -0.107. The molecule has 0 radical (unpaired) electrons. The third-order valence-corrected chi connectivity index (χ3v) is 2.66. The van der Waals surface area contributed by atoms with Crippen molar-refractivity contribution in [2.75, 3.05) is 13.1 Å². The highest BCUT2D eigenvalue weighted by atomic mass is 35.5. The summed E-state index contributed by atoms with van der Waals surface area (Å²) >= 11 is 0. The molecule has 0 bridgehead atoms. The van der Waals surface area contributed by atoms with Crippen LogP contribution in [0, 0.1) is 0 Å². The molecule has 1 amide bonds. The molecule has 19 heavy (non-hydrogen) atoms. The molecule has 0 fully saturated rings. The summed E-state index contributed by atoms with van der Waals surface area (Å²) in [5, 5.41) is 6.14. The second-order valence-corrected chi connectivity index (χ2v) is 4.65. The summed E-state index contributed by atoms with van der Waals surface area (Å²) < 4.78 is 0. The van der Waals surface area contributed by atoms with Crippen molar-refractivity contribution in [2.45, 2.75) is 39.7 Å². The molecule has 0 saturated heterocycles. The maximum absolute atomic E-state index is 12.1. The second-order valence-electron chi connectivity index (χ2n) is 4.65. The molecule has 1 aromatic heterocycles. The zero-order valence-corrected chi connectivity index (χ0v) is 12.8. The maximum atomic E-state index is 12.1. The molecule has 0 saturated carbocycles. The van der Waals surface area contributed by atoms with E-state index in [2.05, 4.69) is 20.6 Å². The van der Waals surface area contributed by atoms with Crippen LogP contribution in [0.25, 0.3) is 0 Å². The van der Waals surface area contributed by atoms with Crippen LogP contribution in [0.4, 0.5) is 0 Å². The fourth-order valence-corrected chi connectivity index (χ4v) is 1.74. The molecule has 1 rings (SSSR count). The number of carbonyl (C=O) groups is 1. The second kappa shape index (κ2) is 8.82. The molecule has 2 N–H and O–H groups in total. The predicted octanol–water partition coefficient (Wildman–Crippen LogP) is 1.75. The van der Waals surface area contributed by atoms with Gasteiger partial charge in [-0.25, -0.2) is 9.97 Å². The first-order chi connectivity index (χ1) is 8.56. The Hall–Kier alpha value is -1.20. The first kappa shape index (κ1) is 17.8. The largest absolute Gasteiger partial charge is 0.350 e. The van der Waals surface area contributed by atoms with Gasteiger partial charge in [0.25, 0.3) is 5.91 Å². The Morgan fingerprint density at radius 3 is 2.63 bits per heavy atom. The molecule has 0 aliphatic heterocycles. The molecule has 0 aliphatic rings. The summed E-state index contributed by atoms with van der Waals surface area (Å²) in [5.41, 5.74) is 1.36. The Balaban J connectivity index is 0.00000324. The van der Waals surface area contributed by atoms with Gasteiger partial charge in [-0.15, -0.1) is 12.4 Å². The first-order valence-electron chi connectivity index (χ1n) is 6.37. The topological polar surface area (TPSA) is 66.9 Å². The smallest absolute Gasteiger partial charge is 0.254 e. The molecule has 0 unspecified atom stereocenters. The lowest BCUT2D eigenvalue weighted by Gasteiger charge is -2.15. The van der Waals surface area contributed by atoms with E-state index in [-0.39, 0.29) is 30.3 Å². The summed E-state index contributed by atoms with van der Waals surface area (Å²) in [7, 11) is 0. The zero-order valence-electron chi connectivity index (χ0n) is 11.9. The quantitative estimate of drug-likeness (QED) is 0.836. The summed E-state index contributed by atoms with van der Waals surface area (Å²) in [6, 6.07) is 0.256. The minimum absolute atomic E-state index is 0. The molecule has 1 atom stereocenters. The number of nitrogens with zero attached hydrogens (tertiary/aromatic N) is 2. The Morgan fingerprint density at radius 2 is 2.05 bits per heavy atom. The molecule has 5 nitrogen and oxygen atoms in total. The van der Waals surface area contributed by atoms with Crippen molar-refractivity contribution in [2.24, 2.45) is 0 Å². The van der Waals surface area contributed by atoms with Gasteiger partial charge in [0.05, 0.1) is 11.3 Å². The normalized spacial score (nSPS) is 11.8. The lowest BCUT2D eigenvalue weighted by molar-refractivity contribution is 0.0948. The van der Waals surface area contributed by atoms with E-state index in [1.807, 2.05) is 27.7 Å². The van der Waals surface area contributed by atoms with Gasteiger partial charge in [0.2, 0.25) is 0 Å². The number of hydrogen-bond acceptors (Lipinski definition) is 4. The van der Waals surface area contributed by atoms with E-state index in [9.17, 15) is 4.79 Å². The van der Waals surface area contributed by atoms with Gasteiger partial charge in [0.1, 0.15) is 6.33 Å². The van der Waals surface area contributed by atoms with Crippen LogP contribution in [0.2, 0.25) is 0 Å². The number of hydrogen-bond donors (Lipinski definition) is 2. The first-order valence-corrected chi connectivity index (χ1v) is 6.37. The number of likely N-dealkylation sites (N-methyl/N-ethyl adjacent to an activating group) is 1. The van der Waals surface area contributed by atoms with Crippen LogP contribution in [0.15, 0.2) is 12.5 Å². The predicted molar refractivity (Wildman–Crippen MR) is 78.8 cm³/mol. The highest BCUT2D eigenvalue weighted by Crippen LogP contribution is 2.15.